The lowest BCUT2D eigenvalue weighted by Gasteiger charge is -2.08. The Labute approximate surface area is 105 Å². The molecule has 0 aromatic carbocycles. The summed E-state index contributed by atoms with van der Waals surface area (Å²) < 4.78 is 4.44. The van der Waals surface area contributed by atoms with E-state index in [1.54, 1.807) is 0 Å². The van der Waals surface area contributed by atoms with E-state index in [0.717, 1.165) is 12.8 Å². The van der Waals surface area contributed by atoms with E-state index in [1.165, 1.54) is 45.1 Å². The molecule has 0 aliphatic carbocycles. The minimum absolute atomic E-state index is 0.345. The number of rotatable bonds is 11. The second-order valence-electron chi connectivity index (χ2n) is 4.75. The maximum atomic E-state index is 10.1. The van der Waals surface area contributed by atoms with Crippen molar-refractivity contribution in [2.24, 2.45) is 0 Å². The summed E-state index contributed by atoms with van der Waals surface area (Å²) in [6, 6.07) is 0. The average Bonchev–Trinajstić information content (AvgIpc) is 2.25. The third kappa shape index (κ3) is 15.2. The Morgan fingerprint density at radius 2 is 1.41 bits per heavy atom. The van der Waals surface area contributed by atoms with Crippen molar-refractivity contribution in [2.75, 3.05) is 27.2 Å². The molecule has 4 nitrogen and oxygen atoms in total. The molecule has 0 radical (unpaired) electrons. The maximum Gasteiger partial charge on any atom is 0.505 e. The van der Waals surface area contributed by atoms with Crippen LogP contribution >= 0.6 is 0 Å². The fourth-order valence-electron chi connectivity index (χ4n) is 1.75. The summed E-state index contributed by atoms with van der Waals surface area (Å²) in [7, 11) is 4.22. The van der Waals surface area contributed by atoms with E-state index in [0.29, 0.717) is 6.61 Å². The number of ether oxygens (including phenoxy) is 1. The SMILES string of the molecule is CN(C)CCCCCCCCCCOC(=O)O. The van der Waals surface area contributed by atoms with Gasteiger partial charge in [-0.25, -0.2) is 4.79 Å². The van der Waals surface area contributed by atoms with Gasteiger partial charge in [-0.3, -0.25) is 0 Å². The molecule has 0 rings (SSSR count). The van der Waals surface area contributed by atoms with Crippen LogP contribution in [0.3, 0.4) is 0 Å². The van der Waals surface area contributed by atoms with Gasteiger partial charge >= 0.3 is 6.16 Å². The molecule has 0 aliphatic rings. The Hall–Kier alpha value is -0.770. The Bertz CT molecular complexity index is 184. The highest BCUT2D eigenvalue weighted by Crippen LogP contribution is 2.08. The highest BCUT2D eigenvalue weighted by Gasteiger charge is 1.96. The van der Waals surface area contributed by atoms with E-state index in [-0.39, 0.29) is 0 Å². The second-order valence-corrected chi connectivity index (χ2v) is 4.75. The quantitative estimate of drug-likeness (QED) is 0.448. The molecule has 4 heteroatoms. The maximum absolute atomic E-state index is 10.1. The van der Waals surface area contributed by atoms with Crippen LogP contribution in [-0.2, 0) is 4.74 Å². The average molecular weight is 245 g/mol. The van der Waals surface area contributed by atoms with E-state index in [2.05, 4.69) is 23.7 Å². The molecular weight excluding hydrogens is 218 g/mol. The van der Waals surface area contributed by atoms with Crippen molar-refractivity contribution in [3.63, 3.8) is 0 Å². The monoisotopic (exact) mass is 245 g/mol. The van der Waals surface area contributed by atoms with Crippen LogP contribution in [0.4, 0.5) is 4.79 Å². The summed E-state index contributed by atoms with van der Waals surface area (Å²) in [6.45, 7) is 1.53. The van der Waals surface area contributed by atoms with Crippen LogP contribution in [0.1, 0.15) is 51.4 Å². The van der Waals surface area contributed by atoms with Gasteiger partial charge in [-0.05, 0) is 33.5 Å². The molecule has 0 aromatic heterocycles. The van der Waals surface area contributed by atoms with Crippen LogP contribution in [0.5, 0.6) is 0 Å². The van der Waals surface area contributed by atoms with E-state index >= 15 is 0 Å². The molecule has 0 saturated heterocycles. The normalized spacial score (nSPS) is 10.8. The van der Waals surface area contributed by atoms with Gasteiger partial charge in [0.25, 0.3) is 0 Å². The van der Waals surface area contributed by atoms with E-state index in [9.17, 15) is 4.79 Å². The number of carboxylic acid groups (broad SMARTS) is 1. The molecule has 0 aromatic rings. The van der Waals surface area contributed by atoms with Crippen LogP contribution in [-0.4, -0.2) is 43.4 Å². The first kappa shape index (κ1) is 16.2. The van der Waals surface area contributed by atoms with Crippen molar-refractivity contribution < 1.29 is 14.6 Å². The minimum Gasteiger partial charge on any atom is -0.450 e. The predicted molar refractivity (Wildman–Crippen MR) is 69.5 cm³/mol. The van der Waals surface area contributed by atoms with Crippen molar-refractivity contribution in [3.05, 3.63) is 0 Å². The molecule has 0 spiro atoms. The molecular formula is C13H27NO3. The summed E-state index contributed by atoms with van der Waals surface area (Å²) in [4.78, 5) is 12.3. The predicted octanol–water partition coefficient (Wildman–Crippen LogP) is 3.36. The number of carbonyl (C=O) groups is 1. The molecule has 0 unspecified atom stereocenters. The topological polar surface area (TPSA) is 49.8 Å². The summed E-state index contributed by atoms with van der Waals surface area (Å²) in [5.74, 6) is 0. The van der Waals surface area contributed by atoms with Gasteiger partial charge in [-0.1, -0.05) is 38.5 Å². The highest BCUT2D eigenvalue weighted by atomic mass is 16.7. The molecule has 1 N–H and O–H groups in total. The number of unbranched alkanes of at least 4 members (excludes halogenated alkanes) is 7. The largest absolute Gasteiger partial charge is 0.505 e. The summed E-state index contributed by atoms with van der Waals surface area (Å²) >= 11 is 0. The molecule has 102 valence electrons. The fraction of sp³-hybridized carbons (Fsp3) is 0.923. The zero-order valence-electron chi connectivity index (χ0n) is 11.3. The lowest BCUT2D eigenvalue weighted by molar-refractivity contribution is 0.0899. The van der Waals surface area contributed by atoms with Crippen molar-refractivity contribution in [2.45, 2.75) is 51.4 Å². The molecule has 0 fully saturated rings. The van der Waals surface area contributed by atoms with Crippen LogP contribution in [0.2, 0.25) is 0 Å². The standard InChI is InChI=1S/C13H27NO3/c1-14(2)11-9-7-5-3-4-6-8-10-12-17-13(15)16/h3-12H2,1-2H3,(H,15,16). The first-order valence-electron chi connectivity index (χ1n) is 6.63. The first-order chi connectivity index (χ1) is 8.13. The highest BCUT2D eigenvalue weighted by molar-refractivity contribution is 5.56. The third-order valence-corrected chi connectivity index (χ3v) is 2.73. The van der Waals surface area contributed by atoms with Gasteiger partial charge in [0.05, 0.1) is 6.61 Å². The molecule has 0 aliphatic heterocycles. The molecule has 0 amide bonds. The lowest BCUT2D eigenvalue weighted by Crippen LogP contribution is -2.12. The van der Waals surface area contributed by atoms with Crippen LogP contribution in [0.15, 0.2) is 0 Å². The number of nitrogens with zero attached hydrogens (tertiary/aromatic N) is 1. The summed E-state index contributed by atoms with van der Waals surface area (Å²) in [6.07, 6.45) is 8.45. The molecule has 0 heterocycles. The smallest absolute Gasteiger partial charge is 0.450 e. The Balaban J connectivity index is 2.96. The van der Waals surface area contributed by atoms with Crippen molar-refractivity contribution >= 4 is 6.16 Å². The van der Waals surface area contributed by atoms with Gasteiger partial charge in [0.2, 0.25) is 0 Å². The zero-order chi connectivity index (χ0) is 12.9. The van der Waals surface area contributed by atoms with Crippen LogP contribution in [0.25, 0.3) is 0 Å². The zero-order valence-corrected chi connectivity index (χ0v) is 11.3. The Morgan fingerprint density at radius 1 is 0.941 bits per heavy atom. The van der Waals surface area contributed by atoms with E-state index in [4.69, 9.17) is 5.11 Å². The van der Waals surface area contributed by atoms with Gasteiger partial charge in [0.15, 0.2) is 0 Å². The lowest BCUT2D eigenvalue weighted by atomic mass is 10.1. The van der Waals surface area contributed by atoms with Crippen molar-refractivity contribution in [3.8, 4) is 0 Å². The van der Waals surface area contributed by atoms with Crippen LogP contribution in [0, 0.1) is 0 Å². The van der Waals surface area contributed by atoms with Gasteiger partial charge in [-0.2, -0.15) is 0 Å². The van der Waals surface area contributed by atoms with Gasteiger partial charge in [0.1, 0.15) is 0 Å². The molecule has 0 saturated carbocycles. The minimum atomic E-state index is -1.16. The summed E-state index contributed by atoms with van der Waals surface area (Å²) in [5, 5.41) is 8.25. The first-order valence-corrected chi connectivity index (χ1v) is 6.63. The third-order valence-electron chi connectivity index (χ3n) is 2.73. The number of hydrogen-bond donors (Lipinski definition) is 1. The Kier molecular flexibility index (Phi) is 11.2. The van der Waals surface area contributed by atoms with E-state index in [1.807, 2.05) is 0 Å². The summed E-state index contributed by atoms with van der Waals surface area (Å²) in [5.41, 5.74) is 0. The van der Waals surface area contributed by atoms with Gasteiger partial charge in [0, 0.05) is 0 Å². The molecule has 17 heavy (non-hydrogen) atoms. The molecule has 0 atom stereocenters. The second kappa shape index (κ2) is 11.7. The van der Waals surface area contributed by atoms with Crippen LogP contribution < -0.4 is 0 Å². The fourth-order valence-corrected chi connectivity index (χ4v) is 1.75. The Morgan fingerprint density at radius 3 is 1.88 bits per heavy atom. The number of hydrogen-bond acceptors (Lipinski definition) is 3. The van der Waals surface area contributed by atoms with Gasteiger partial charge in [-0.15, -0.1) is 0 Å². The van der Waals surface area contributed by atoms with Crippen molar-refractivity contribution in [1.29, 1.82) is 0 Å². The van der Waals surface area contributed by atoms with E-state index < -0.39 is 6.16 Å². The molecule has 0 bridgehead atoms. The van der Waals surface area contributed by atoms with Crippen molar-refractivity contribution in [1.82, 2.24) is 4.90 Å². The van der Waals surface area contributed by atoms with Gasteiger partial charge < -0.3 is 14.7 Å².